The number of aliphatic hydroxyl groups is 1. The zero-order chi connectivity index (χ0) is 76.2. The van der Waals surface area contributed by atoms with E-state index in [1.165, 1.54) is 283 Å². The molecule has 0 spiro atoms. The summed E-state index contributed by atoms with van der Waals surface area (Å²) in [5.74, 6) is -1.32. The molecule has 0 bridgehead atoms. The molecule has 0 saturated carbocycles. The Balaban J connectivity index is 5.26. The first kappa shape index (κ1) is 102. The van der Waals surface area contributed by atoms with Crippen LogP contribution in [0.2, 0.25) is 0 Å². The molecule has 0 saturated heterocycles. The summed E-state index contributed by atoms with van der Waals surface area (Å²) in [6, 6.07) is 0. The third kappa shape index (κ3) is 78.2. The Bertz CT molecular complexity index is 1980. The molecular weight excluding hydrogens is 1350 g/mol. The van der Waals surface area contributed by atoms with Gasteiger partial charge >= 0.3 is 39.5 Å². The number of aliphatic hydroxyl groups excluding tert-OH is 1. The number of rotatable bonds is 85. The van der Waals surface area contributed by atoms with Crippen LogP contribution in [0.4, 0.5) is 0 Å². The Morgan fingerprint density at radius 3 is 0.654 bits per heavy atom. The fourth-order valence-electron chi connectivity index (χ4n) is 13.3. The number of carbonyl (C=O) groups excluding carboxylic acids is 4. The summed E-state index contributed by atoms with van der Waals surface area (Å²) in [7, 11) is -9.93. The number of ether oxygens (including phenoxy) is 4. The monoisotopic (exact) mass is 1520 g/mol. The number of carbonyl (C=O) groups is 4. The maximum absolute atomic E-state index is 13.1. The summed E-state index contributed by atoms with van der Waals surface area (Å²) in [5, 5.41) is 10.7. The summed E-state index contributed by atoms with van der Waals surface area (Å²) in [6.45, 7) is 7.38. The van der Waals surface area contributed by atoms with Crippen molar-refractivity contribution in [2.24, 2.45) is 5.92 Å². The first-order chi connectivity index (χ1) is 50.5. The molecule has 0 fully saturated rings. The van der Waals surface area contributed by atoms with Crippen LogP contribution in [0.3, 0.4) is 0 Å². The SMILES string of the molecule is CCCCCCCCCCCCCCCCCCCCCCC(=O)O[C@H](COC(=O)CCCCCCCCCCCCCCCCCC)COP(=O)(O)OC[C@@H](O)COP(=O)(O)OC[C@@H](COC(=O)CCCCCCCCCCCCCCC)OC(=O)CCCCCCCCCCCCCCC(C)C. The number of esters is 4. The molecule has 0 aliphatic heterocycles. The minimum absolute atomic E-state index is 0.108. The van der Waals surface area contributed by atoms with Gasteiger partial charge in [0.05, 0.1) is 26.4 Å². The van der Waals surface area contributed by atoms with Crippen molar-refractivity contribution in [1.82, 2.24) is 0 Å². The summed E-state index contributed by atoms with van der Waals surface area (Å²) in [4.78, 5) is 73.2. The summed E-state index contributed by atoms with van der Waals surface area (Å²) in [5.41, 5.74) is 0. The van der Waals surface area contributed by atoms with Crippen molar-refractivity contribution in [2.45, 2.75) is 477 Å². The van der Waals surface area contributed by atoms with E-state index in [0.717, 1.165) is 95.8 Å². The van der Waals surface area contributed by atoms with E-state index < -0.39 is 97.5 Å². The van der Waals surface area contributed by atoms with Crippen LogP contribution in [0.5, 0.6) is 0 Å². The Kier molecular flexibility index (Phi) is 76.3. The lowest BCUT2D eigenvalue weighted by molar-refractivity contribution is -0.161. The summed E-state index contributed by atoms with van der Waals surface area (Å²) < 4.78 is 68.9. The number of phosphoric ester groups is 2. The van der Waals surface area contributed by atoms with Crippen molar-refractivity contribution < 1.29 is 80.2 Å². The normalized spacial score (nSPS) is 13.8. The van der Waals surface area contributed by atoms with Gasteiger partial charge in [0.2, 0.25) is 0 Å². The molecule has 0 aromatic carbocycles. The van der Waals surface area contributed by atoms with E-state index in [9.17, 15) is 43.2 Å². The quantitative estimate of drug-likeness (QED) is 0.0222. The third-order valence-corrected chi connectivity index (χ3v) is 21.9. The van der Waals surface area contributed by atoms with Gasteiger partial charge in [0.15, 0.2) is 12.2 Å². The highest BCUT2D eigenvalue weighted by Gasteiger charge is 2.30. The van der Waals surface area contributed by atoms with Gasteiger partial charge in [-0.15, -0.1) is 0 Å². The van der Waals surface area contributed by atoms with Gasteiger partial charge in [-0.3, -0.25) is 37.3 Å². The van der Waals surface area contributed by atoms with Crippen LogP contribution in [0.15, 0.2) is 0 Å². The zero-order valence-electron chi connectivity index (χ0n) is 68.2. The maximum atomic E-state index is 13.1. The molecule has 0 aromatic heterocycles. The number of hydrogen-bond donors (Lipinski definition) is 3. The highest BCUT2D eigenvalue weighted by molar-refractivity contribution is 7.47. The third-order valence-electron chi connectivity index (χ3n) is 20.0. The molecule has 0 amide bonds. The van der Waals surface area contributed by atoms with Crippen LogP contribution in [-0.4, -0.2) is 96.7 Å². The van der Waals surface area contributed by atoms with Gasteiger partial charge in [-0.05, 0) is 31.6 Å². The van der Waals surface area contributed by atoms with E-state index >= 15 is 0 Å². The molecular formula is C85H166O17P2. The van der Waals surface area contributed by atoms with Gasteiger partial charge in [-0.1, -0.05) is 407 Å². The molecule has 0 rings (SSSR count). The molecule has 19 heteroatoms. The molecule has 104 heavy (non-hydrogen) atoms. The molecule has 17 nitrogen and oxygen atoms in total. The van der Waals surface area contributed by atoms with E-state index in [0.29, 0.717) is 25.7 Å². The van der Waals surface area contributed by atoms with Gasteiger partial charge in [0.25, 0.3) is 0 Å². The van der Waals surface area contributed by atoms with Crippen LogP contribution < -0.4 is 0 Å². The van der Waals surface area contributed by atoms with E-state index in [4.69, 9.17) is 37.0 Å². The minimum Gasteiger partial charge on any atom is -0.462 e. The highest BCUT2D eigenvalue weighted by Crippen LogP contribution is 2.45. The van der Waals surface area contributed by atoms with Crippen LogP contribution in [0.25, 0.3) is 0 Å². The second-order valence-corrected chi connectivity index (χ2v) is 34.0. The lowest BCUT2D eigenvalue weighted by Gasteiger charge is -2.21. The summed E-state index contributed by atoms with van der Waals surface area (Å²) in [6.07, 6.45) is 70.7. The molecule has 3 N–H and O–H groups in total. The molecule has 618 valence electrons. The molecule has 0 radical (unpaired) electrons. The van der Waals surface area contributed by atoms with Crippen LogP contribution in [0, 0.1) is 5.92 Å². The molecule has 0 aromatic rings. The fraction of sp³-hybridized carbons (Fsp3) is 0.953. The molecule has 5 atom stereocenters. The van der Waals surface area contributed by atoms with Crippen molar-refractivity contribution in [3.05, 3.63) is 0 Å². The number of hydrogen-bond acceptors (Lipinski definition) is 15. The fourth-order valence-corrected chi connectivity index (χ4v) is 14.9. The molecule has 0 aliphatic carbocycles. The second kappa shape index (κ2) is 77.8. The van der Waals surface area contributed by atoms with Crippen LogP contribution in [-0.2, 0) is 65.4 Å². The van der Waals surface area contributed by atoms with E-state index in [-0.39, 0.29) is 25.7 Å². The predicted octanol–water partition coefficient (Wildman–Crippen LogP) is 26.0. The van der Waals surface area contributed by atoms with Crippen molar-refractivity contribution in [2.75, 3.05) is 39.6 Å². The molecule has 0 aliphatic rings. The van der Waals surface area contributed by atoms with Gasteiger partial charge in [-0.25, -0.2) is 9.13 Å². The number of unbranched alkanes of at least 4 members (excludes halogenated alkanes) is 57. The van der Waals surface area contributed by atoms with E-state index in [1.54, 1.807) is 0 Å². The van der Waals surface area contributed by atoms with Gasteiger partial charge < -0.3 is 33.8 Å². The predicted molar refractivity (Wildman–Crippen MR) is 428 cm³/mol. The van der Waals surface area contributed by atoms with Crippen molar-refractivity contribution in [1.29, 1.82) is 0 Å². The van der Waals surface area contributed by atoms with Gasteiger partial charge in [0, 0.05) is 25.7 Å². The van der Waals surface area contributed by atoms with Crippen molar-refractivity contribution >= 4 is 39.5 Å². The zero-order valence-corrected chi connectivity index (χ0v) is 70.0. The Morgan fingerprint density at radius 1 is 0.260 bits per heavy atom. The van der Waals surface area contributed by atoms with Crippen LogP contribution >= 0.6 is 15.6 Å². The standard InChI is InChI=1S/C85H166O17P2/c1-6-9-12-15-18-21-24-27-29-31-32-33-34-36-39-45-50-55-60-65-70-84(89)101-80(75-96-83(88)69-64-59-54-49-44-38-35-30-28-25-22-19-16-13-10-7-2)76-99-103(91,92)97-72-79(86)73-98-104(93,94)100-77-81(74-95-82(87)68-63-58-53-48-43-37-26-23-20-17-14-11-8-3)102-85(90)71-66-61-56-51-46-41-40-42-47-52-57-62-67-78(4)5/h78-81,86H,6-77H2,1-5H3,(H,91,92)(H,93,94)/t79-,80-,81-/m1/s1. The van der Waals surface area contributed by atoms with E-state index in [2.05, 4.69) is 34.6 Å². The molecule has 2 unspecified atom stereocenters. The van der Waals surface area contributed by atoms with Crippen molar-refractivity contribution in [3.8, 4) is 0 Å². The Hall–Kier alpha value is -1.94. The minimum atomic E-state index is -4.96. The first-order valence-corrected chi connectivity index (χ1v) is 47.1. The van der Waals surface area contributed by atoms with Gasteiger partial charge in [0.1, 0.15) is 19.3 Å². The summed E-state index contributed by atoms with van der Waals surface area (Å²) >= 11 is 0. The lowest BCUT2D eigenvalue weighted by atomic mass is 10.0. The molecule has 0 heterocycles. The average Bonchev–Trinajstić information content (AvgIpc) is 0.909. The smallest absolute Gasteiger partial charge is 0.462 e. The van der Waals surface area contributed by atoms with Crippen molar-refractivity contribution in [3.63, 3.8) is 0 Å². The Morgan fingerprint density at radius 2 is 0.442 bits per heavy atom. The van der Waals surface area contributed by atoms with Crippen LogP contribution in [0.1, 0.15) is 458 Å². The first-order valence-electron chi connectivity index (χ1n) is 44.1. The highest BCUT2D eigenvalue weighted by atomic mass is 31.2. The lowest BCUT2D eigenvalue weighted by Crippen LogP contribution is -2.30. The maximum Gasteiger partial charge on any atom is 0.472 e. The second-order valence-electron chi connectivity index (χ2n) is 31.1. The van der Waals surface area contributed by atoms with Gasteiger partial charge in [-0.2, -0.15) is 0 Å². The Labute approximate surface area is 638 Å². The van der Waals surface area contributed by atoms with E-state index in [1.807, 2.05) is 0 Å². The average molecular weight is 1520 g/mol. The topological polar surface area (TPSA) is 237 Å². The number of phosphoric acid groups is 2. The largest absolute Gasteiger partial charge is 0.472 e.